The van der Waals surface area contributed by atoms with Crippen LogP contribution in [-0.4, -0.2) is 64.4 Å². The van der Waals surface area contributed by atoms with Crippen LogP contribution in [0.4, 0.5) is 18.9 Å². The Labute approximate surface area is 146 Å². The molecular formula is C7H6BrF3KNO3S. The van der Waals surface area contributed by atoms with Gasteiger partial charge in [-0.05, 0) is 28.1 Å². The molecule has 0 saturated carbocycles. The summed E-state index contributed by atoms with van der Waals surface area (Å²) < 4.78 is 67.4. The summed E-state index contributed by atoms with van der Waals surface area (Å²) in [7, 11) is -4.99. The Hall–Kier alpha value is 0.836. The summed E-state index contributed by atoms with van der Waals surface area (Å²) >= 11 is 2.61. The van der Waals surface area contributed by atoms with E-state index in [2.05, 4.69) is 15.9 Å². The van der Waals surface area contributed by atoms with Crippen molar-refractivity contribution in [2.45, 2.75) is 11.1 Å². The van der Waals surface area contributed by atoms with E-state index in [0.717, 1.165) is 6.07 Å². The molecule has 1 aromatic carbocycles. The molecule has 17 heavy (non-hydrogen) atoms. The van der Waals surface area contributed by atoms with Crippen molar-refractivity contribution in [2.75, 3.05) is 5.73 Å². The van der Waals surface area contributed by atoms with Crippen LogP contribution in [0, 0.1) is 0 Å². The van der Waals surface area contributed by atoms with Gasteiger partial charge < -0.3 is 5.73 Å². The van der Waals surface area contributed by atoms with Gasteiger partial charge in [-0.2, -0.15) is 21.6 Å². The first-order valence-electron chi connectivity index (χ1n) is 3.67. The van der Waals surface area contributed by atoms with E-state index in [0.29, 0.717) is 6.07 Å². The van der Waals surface area contributed by atoms with E-state index in [1.807, 2.05) is 0 Å². The minimum absolute atomic E-state index is 0. The topological polar surface area (TPSA) is 80.4 Å². The van der Waals surface area contributed by atoms with E-state index in [9.17, 15) is 21.6 Å². The molecule has 4 nitrogen and oxygen atoms in total. The van der Waals surface area contributed by atoms with E-state index < -0.39 is 31.2 Å². The van der Waals surface area contributed by atoms with Gasteiger partial charge in [0.25, 0.3) is 10.1 Å². The SMILES string of the molecule is Nc1cc(Br)c(S(=O)(=O)O)c(C(F)(F)F)c1.[KH]. The predicted octanol–water partition coefficient (Wildman–Crippen LogP) is 1.65. The van der Waals surface area contributed by atoms with Crippen LogP contribution in [0.15, 0.2) is 21.5 Å². The molecule has 0 fully saturated rings. The number of halogens is 4. The molecule has 0 aliphatic heterocycles. The standard InChI is InChI=1S/C7H5BrF3NO3S.K.H/c8-5-2-3(12)1-4(7(9,10)11)6(5)16(13,14)15;;/h1-2H,12H2,(H,13,14,15);;. The zero-order valence-corrected chi connectivity index (χ0v) is 9.82. The number of hydrogen-bond donors (Lipinski definition) is 2. The van der Waals surface area contributed by atoms with Crippen molar-refractivity contribution in [3.8, 4) is 0 Å². The van der Waals surface area contributed by atoms with Crippen molar-refractivity contribution >= 4 is 83.1 Å². The molecule has 0 radical (unpaired) electrons. The fourth-order valence-electron chi connectivity index (χ4n) is 1.09. The van der Waals surface area contributed by atoms with Crippen LogP contribution in [0.2, 0.25) is 0 Å². The average molecular weight is 360 g/mol. The van der Waals surface area contributed by atoms with Gasteiger partial charge in [-0.25, -0.2) is 0 Å². The predicted molar refractivity (Wildman–Crippen MR) is 60.5 cm³/mol. The monoisotopic (exact) mass is 359 g/mol. The van der Waals surface area contributed by atoms with Crippen LogP contribution in [0.1, 0.15) is 5.56 Å². The van der Waals surface area contributed by atoms with Crippen LogP contribution < -0.4 is 5.73 Å². The number of benzene rings is 1. The third-order valence-corrected chi connectivity index (χ3v) is 3.47. The van der Waals surface area contributed by atoms with Crippen LogP contribution in [0.3, 0.4) is 0 Å². The Bertz CT molecular complexity index is 532. The molecular weight excluding hydrogens is 354 g/mol. The number of hydrogen-bond acceptors (Lipinski definition) is 3. The zero-order valence-electron chi connectivity index (χ0n) is 7.42. The van der Waals surface area contributed by atoms with Gasteiger partial charge >= 0.3 is 57.6 Å². The third kappa shape index (κ3) is 4.46. The molecule has 0 aliphatic carbocycles. The summed E-state index contributed by atoms with van der Waals surface area (Å²) in [6.45, 7) is 0. The summed E-state index contributed by atoms with van der Waals surface area (Å²) in [6, 6.07) is 1.40. The second-order valence-electron chi connectivity index (χ2n) is 2.85. The normalized spacial score (nSPS) is 12.1. The molecule has 0 amide bonds. The van der Waals surface area contributed by atoms with E-state index in [1.165, 1.54) is 0 Å². The summed E-state index contributed by atoms with van der Waals surface area (Å²) in [4.78, 5) is -1.24. The molecule has 0 aliphatic rings. The Morgan fingerprint density at radius 1 is 1.29 bits per heavy atom. The number of anilines is 1. The van der Waals surface area contributed by atoms with E-state index >= 15 is 0 Å². The first-order valence-corrected chi connectivity index (χ1v) is 5.90. The Morgan fingerprint density at radius 3 is 2.12 bits per heavy atom. The van der Waals surface area contributed by atoms with Crippen molar-refractivity contribution in [3.63, 3.8) is 0 Å². The number of nitrogen functional groups attached to an aromatic ring is 1. The number of nitrogens with two attached hydrogens (primary N) is 1. The second-order valence-corrected chi connectivity index (χ2v) is 5.06. The van der Waals surface area contributed by atoms with Gasteiger partial charge in [-0.15, -0.1) is 0 Å². The molecule has 92 valence electrons. The maximum absolute atomic E-state index is 12.5. The van der Waals surface area contributed by atoms with Crippen LogP contribution >= 0.6 is 15.9 Å². The first-order chi connectivity index (χ1) is 7.03. The van der Waals surface area contributed by atoms with E-state index in [4.69, 9.17) is 10.3 Å². The van der Waals surface area contributed by atoms with Crippen LogP contribution in [0.5, 0.6) is 0 Å². The second kappa shape index (κ2) is 5.86. The van der Waals surface area contributed by atoms with E-state index in [1.54, 1.807) is 0 Å². The minimum atomic E-state index is -4.99. The summed E-state index contributed by atoms with van der Waals surface area (Å²) in [5.74, 6) is 0. The quantitative estimate of drug-likeness (QED) is 0.453. The number of alkyl halides is 3. The van der Waals surface area contributed by atoms with Gasteiger partial charge in [-0.3, -0.25) is 4.55 Å². The molecule has 0 aromatic heterocycles. The van der Waals surface area contributed by atoms with Crippen molar-refractivity contribution in [1.82, 2.24) is 0 Å². The fraction of sp³-hybridized carbons (Fsp3) is 0.143. The first kappa shape index (κ1) is 17.8. The molecule has 0 spiro atoms. The van der Waals surface area contributed by atoms with Gasteiger partial charge in [0, 0.05) is 10.2 Å². The van der Waals surface area contributed by atoms with Gasteiger partial charge in [0.1, 0.15) is 4.90 Å². The van der Waals surface area contributed by atoms with Gasteiger partial charge in [0.15, 0.2) is 0 Å². The van der Waals surface area contributed by atoms with Crippen molar-refractivity contribution in [1.29, 1.82) is 0 Å². The molecule has 0 heterocycles. The van der Waals surface area contributed by atoms with Gasteiger partial charge in [0.05, 0.1) is 5.56 Å². The third-order valence-electron chi connectivity index (χ3n) is 1.63. The summed E-state index contributed by atoms with van der Waals surface area (Å²) in [5, 5.41) is 0. The van der Waals surface area contributed by atoms with Crippen molar-refractivity contribution in [3.05, 3.63) is 22.2 Å². The Morgan fingerprint density at radius 2 is 1.76 bits per heavy atom. The molecule has 0 bridgehead atoms. The summed E-state index contributed by atoms with van der Waals surface area (Å²) in [5.41, 5.74) is 3.38. The molecule has 10 heteroatoms. The summed E-state index contributed by atoms with van der Waals surface area (Å²) in [6.07, 6.45) is -4.93. The molecule has 1 aromatic rings. The average Bonchev–Trinajstić information content (AvgIpc) is 1.97. The fourth-order valence-corrected chi connectivity index (χ4v) is 2.94. The molecule has 1 rings (SSSR count). The molecule has 0 unspecified atom stereocenters. The van der Waals surface area contributed by atoms with Gasteiger partial charge in [-0.1, -0.05) is 0 Å². The van der Waals surface area contributed by atoms with Crippen molar-refractivity contribution in [2.24, 2.45) is 0 Å². The van der Waals surface area contributed by atoms with Crippen LogP contribution in [0.25, 0.3) is 0 Å². The Kier molecular flexibility index (Phi) is 6.15. The van der Waals surface area contributed by atoms with Crippen LogP contribution in [-0.2, 0) is 16.3 Å². The van der Waals surface area contributed by atoms with Crippen molar-refractivity contribution < 1.29 is 26.1 Å². The van der Waals surface area contributed by atoms with E-state index in [-0.39, 0.29) is 57.1 Å². The zero-order chi connectivity index (χ0) is 12.7. The molecule has 0 atom stereocenters. The molecule has 3 N–H and O–H groups in total. The van der Waals surface area contributed by atoms with Gasteiger partial charge in [0.2, 0.25) is 0 Å². The maximum atomic E-state index is 12.5. The molecule has 0 saturated heterocycles. The Balaban J connectivity index is 0.00000256. The number of rotatable bonds is 1.